The summed E-state index contributed by atoms with van der Waals surface area (Å²) in [5.74, 6) is 0.148. The monoisotopic (exact) mass is 199 g/mol. The molecule has 2 rings (SSSR count). The predicted molar refractivity (Wildman–Crippen MR) is 51.7 cm³/mol. The molecule has 1 aromatic carbocycles. The number of halogens is 3. The van der Waals surface area contributed by atoms with Gasteiger partial charge in [0.05, 0.1) is 0 Å². The summed E-state index contributed by atoms with van der Waals surface area (Å²) in [6.45, 7) is -4.84. The highest BCUT2D eigenvalue weighted by Gasteiger charge is 2.31. The molecule has 14 heavy (non-hydrogen) atoms. The second-order valence-corrected chi connectivity index (χ2v) is 3.83. The molecule has 0 bridgehead atoms. The Hall–Kier alpha value is -0.925. The number of rotatable bonds is 2. The summed E-state index contributed by atoms with van der Waals surface area (Å²) in [5.41, 5.74) is 0.114. The van der Waals surface area contributed by atoms with Crippen molar-refractivity contribution in [3.63, 3.8) is 0 Å². The SMILES string of the molecule is F[B-](F)(F)c1ccccc1C1CCC1. The molecule has 1 aromatic rings. The minimum absolute atomic E-state index is 0.148. The Labute approximate surface area is 81.2 Å². The summed E-state index contributed by atoms with van der Waals surface area (Å²) in [4.78, 5) is 0. The molecule has 76 valence electrons. The van der Waals surface area contributed by atoms with E-state index in [4.69, 9.17) is 0 Å². The smallest absolute Gasteiger partial charge is 0.445 e. The first-order valence-electron chi connectivity index (χ1n) is 4.88. The normalized spacial score (nSPS) is 17.9. The molecule has 0 aromatic heterocycles. The Kier molecular flexibility index (Phi) is 2.29. The van der Waals surface area contributed by atoms with Crippen molar-refractivity contribution >= 4 is 12.4 Å². The average molecular weight is 199 g/mol. The van der Waals surface area contributed by atoms with Gasteiger partial charge in [0.25, 0.3) is 0 Å². The van der Waals surface area contributed by atoms with Crippen molar-refractivity contribution in [2.24, 2.45) is 0 Å². The number of benzene rings is 1. The fourth-order valence-electron chi connectivity index (χ4n) is 1.90. The molecule has 0 amide bonds. The van der Waals surface area contributed by atoms with Crippen LogP contribution in [-0.4, -0.2) is 6.98 Å². The van der Waals surface area contributed by atoms with Gasteiger partial charge in [0.1, 0.15) is 0 Å². The third-order valence-corrected chi connectivity index (χ3v) is 2.89. The molecule has 0 heterocycles. The molecule has 4 heteroatoms. The van der Waals surface area contributed by atoms with Crippen molar-refractivity contribution in [3.05, 3.63) is 29.8 Å². The minimum atomic E-state index is -4.84. The van der Waals surface area contributed by atoms with Crippen LogP contribution in [0.5, 0.6) is 0 Å². The maximum absolute atomic E-state index is 12.6. The minimum Gasteiger partial charge on any atom is -0.445 e. The molecule has 0 spiro atoms. The Balaban J connectivity index is 2.38. The van der Waals surface area contributed by atoms with Crippen LogP contribution in [0, 0.1) is 0 Å². The highest BCUT2D eigenvalue weighted by Crippen LogP contribution is 2.36. The summed E-state index contributed by atoms with van der Waals surface area (Å²) in [7, 11) is 0. The van der Waals surface area contributed by atoms with Gasteiger partial charge in [0.15, 0.2) is 0 Å². The van der Waals surface area contributed by atoms with Gasteiger partial charge in [-0.05, 0) is 18.8 Å². The van der Waals surface area contributed by atoms with Crippen LogP contribution in [0.4, 0.5) is 12.9 Å². The van der Waals surface area contributed by atoms with Crippen LogP contribution < -0.4 is 5.46 Å². The van der Waals surface area contributed by atoms with Gasteiger partial charge < -0.3 is 12.9 Å². The van der Waals surface area contributed by atoms with Crippen LogP contribution in [0.1, 0.15) is 30.7 Å². The molecule has 0 nitrogen and oxygen atoms in total. The fraction of sp³-hybridized carbons (Fsp3) is 0.400. The third kappa shape index (κ3) is 1.65. The van der Waals surface area contributed by atoms with Gasteiger partial charge in [-0.3, -0.25) is 0 Å². The first-order chi connectivity index (χ1) is 6.59. The molecule has 0 aliphatic heterocycles. The first-order valence-corrected chi connectivity index (χ1v) is 4.88. The first kappa shape index (κ1) is 9.62. The molecular formula is C10H11BF3-. The van der Waals surface area contributed by atoms with Crippen LogP contribution in [-0.2, 0) is 0 Å². The molecular weight excluding hydrogens is 188 g/mol. The number of hydrogen-bond acceptors (Lipinski definition) is 0. The van der Waals surface area contributed by atoms with Crippen molar-refractivity contribution in [1.82, 2.24) is 0 Å². The molecule has 0 N–H and O–H groups in total. The molecule has 1 aliphatic rings. The van der Waals surface area contributed by atoms with E-state index in [9.17, 15) is 12.9 Å². The van der Waals surface area contributed by atoms with Gasteiger partial charge in [0, 0.05) is 0 Å². The standard InChI is InChI=1S/C10H11BF3/c12-11(13,14)10-7-2-1-6-9(10)8-4-3-5-8/h1-2,6-8H,3-5H2/q-1. The molecule has 1 saturated carbocycles. The van der Waals surface area contributed by atoms with Crippen molar-refractivity contribution in [1.29, 1.82) is 0 Å². The quantitative estimate of drug-likeness (QED) is 0.642. The molecule has 0 radical (unpaired) electrons. The number of hydrogen-bond donors (Lipinski definition) is 0. The van der Waals surface area contributed by atoms with Crippen LogP contribution in [0.3, 0.4) is 0 Å². The zero-order chi connectivity index (χ0) is 10.2. The van der Waals surface area contributed by atoms with Gasteiger partial charge in [-0.2, -0.15) is 0 Å². The lowest BCUT2D eigenvalue weighted by atomic mass is 9.69. The van der Waals surface area contributed by atoms with Gasteiger partial charge in [0.2, 0.25) is 0 Å². The van der Waals surface area contributed by atoms with Gasteiger partial charge in [-0.25, -0.2) is 0 Å². The molecule has 0 unspecified atom stereocenters. The summed E-state index contributed by atoms with van der Waals surface area (Å²) >= 11 is 0. The van der Waals surface area contributed by atoms with Crippen LogP contribution in [0.2, 0.25) is 0 Å². The van der Waals surface area contributed by atoms with E-state index in [2.05, 4.69) is 0 Å². The Bertz CT molecular complexity index is 328. The maximum Gasteiger partial charge on any atom is 0.509 e. The molecule has 0 atom stereocenters. The lowest BCUT2D eigenvalue weighted by Crippen LogP contribution is -2.38. The molecule has 1 fully saturated rings. The van der Waals surface area contributed by atoms with Crippen LogP contribution in [0.15, 0.2) is 24.3 Å². The Morgan fingerprint density at radius 3 is 2.21 bits per heavy atom. The Morgan fingerprint density at radius 2 is 1.71 bits per heavy atom. The van der Waals surface area contributed by atoms with E-state index in [-0.39, 0.29) is 5.92 Å². The maximum atomic E-state index is 12.6. The lowest BCUT2D eigenvalue weighted by Gasteiger charge is -2.31. The second kappa shape index (κ2) is 3.33. The van der Waals surface area contributed by atoms with Gasteiger partial charge >= 0.3 is 6.98 Å². The van der Waals surface area contributed by atoms with Crippen molar-refractivity contribution < 1.29 is 12.9 Å². The summed E-state index contributed by atoms with van der Waals surface area (Å²) in [5, 5.41) is 0. The van der Waals surface area contributed by atoms with E-state index in [0.29, 0.717) is 5.56 Å². The third-order valence-electron chi connectivity index (χ3n) is 2.89. The second-order valence-electron chi connectivity index (χ2n) is 3.83. The topological polar surface area (TPSA) is 0 Å². The summed E-state index contributed by atoms with van der Waals surface area (Å²) < 4.78 is 37.9. The van der Waals surface area contributed by atoms with Crippen LogP contribution >= 0.6 is 0 Å². The van der Waals surface area contributed by atoms with Crippen molar-refractivity contribution in [2.75, 3.05) is 0 Å². The van der Waals surface area contributed by atoms with Gasteiger partial charge in [-0.1, -0.05) is 36.2 Å². The largest absolute Gasteiger partial charge is 0.509 e. The van der Waals surface area contributed by atoms with Gasteiger partial charge in [-0.15, -0.1) is 5.46 Å². The van der Waals surface area contributed by atoms with Crippen molar-refractivity contribution in [2.45, 2.75) is 25.2 Å². The Morgan fingerprint density at radius 1 is 1.07 bits per heavy atom. The highest BCUT2D eigenvalue weighted by atomic mass is 19.4. The molecule has 0 saturated heterocycles. The predicted octanol–water partition coefficient (Wildman–Crippen LogP) is 3.01. The lowest BCUT2D eigenvalue weighted by molar-refractivity contribution is 0.418. The fourth-order valence-corrected chi connectivity index (χ4v) is 1.90. The van der Waals surface area contributed by atoms with E-state index in [1.165, 1.54) is 12.1 Å². The van der Waals surface area contributed by atoms with E-state index in [1.54, 1.807) is 12.1 Å². The highest BCUT2D eigenvalue weighted by molar-refractivity contribution is 6.74. The zero-order valence-electron chi connectivity index (χ0n) is 7.72. The van der Waals surface area contributed by atoms with Crippen molar-refractivity contribution in [3.8, 4) is 0 Å². The summed E-state index contributed by atoms with van der Waals surface area (Å²) in [6, 6.07) is 5.98. The average Bonchev–Trinajstić information content (AvgIpc) is 2.00. The van der Waals surface area contributed by atoms with E-state index in [0.717, 1.165) is 19.3 Å². The molecule has 1 aliphatic carbocycles. The van der Waals surface area contributed by atoms with E-state index >= 15 is 0 Å². The summed E-state index contributed by atoms with van der Waals surface area (Å²) in [6.07, 6.45) is 2.87. The van der Waals surface area contributed by atoms with E-state index in [1.807, 2.05) is 0 Å². The van der Waals surface area contributed by atoms with Crippen LogP contribution in [0.25, 0.3) is 0 Å². The zero-order valence-corrected chi connectivity index (χ0v) is 7.72. The van der Waals surface area contributed by atoms with E-state index < -0.39 is 12.4 Å².